The third kappa shape index (κ3) is 3.49. The van der Waals surface area contributed by atoms with Gasteiger partial charge in [-0.15, -0.1) is 0 Å². The first-order chi connectivity index (χ1) is 11.6. The van der Waals surface area contributed by atoms with E-state index in [-0.39, 0.29) is 17.9 Å². The van der Waals surface area contributed by atoms with Gasteiger partial charge < -0.3 is 10.0 Å². The van der Waals surface area contributed by atoms with Crippen molar-refractivity contribution in [2.24, 2.45) is 5.92 Å². The van der Waals surface area contributed by atoms with Crippen LogP contribution in [-0.2, 0) is 0 Å². The van der Waals surface area contributed by atoms with E-state index in [0.29, 0.717) is 12.1 Å². The van der Waals surface area contributed by atoms with Gasteiger partial charge in [0.1, 0.15) is 0 Å². The van der Waals surface area contributed by atoms with Crippen molar-refractivity contribution in [3.05, 3.63) is 42.2 Å². The number of imidazole rings is 1. The number of aliphatic hydroxyl groups excluding tert-OH is 1. The lowest BCUT2D eigenvalue weighted by molar-refractivity contribution is 0.0466. The summed E-state index contributed by atoms with van der Waals surface area (Å²) in [6.45, 7) is 3.21. The SMILES string of the molecule is CSc1nccn1-c1ccc(C(=O)N2CCCC(C(C)O)C2)cc1. The molecule has 6 heteroatoms. The lowest BCUT2D eigenvalue weighted by atomic mass is 9.93. The lowest BCUT2D eigenvalue weighted by Crippen LogP contribution is -2.42. The minimum absolute atomic E-state index is 0.0441. The number of hydrogen-bond acceptors (Lipinski definition) is 4. The van der Waals surface area contributed by atoms with Crippen LogP contribution in [0.4, 0.5) is 0 Å². The molecule has 0 radical (unpaired) electrons. The Morgan fingerprint density at radius 2 is 2.12 bits per heavy atom. The third-order valence-electron chi connectivity index (χ3n) is 4.61. The highest BCUT2D eigenvalue weighted by atomic mass is 32.2. The van der Waals surface area contributed by atoms with Gasteiger partial charge in [0.2, 0.25) is 0 Å². The average molecular weight is 345 g/mol. The van der Waals surface area contributed by atoms with Crippen LogP contribution < -0.4 is 0 Å². The van der Waals surface area contributed by atoms with Crippen LogP contribution in [0.3, 0.4) is 0 Å². The van der Waals surface area contributed by atoms with Gasteiger partial charge in [0.25, 0.3) is 5.91 Å². The topological polar surface area (TPSA) is 58.4 Å². The van der Waals surface area contributed by atoms with Gasteiger partial charge in [-0.2, -0.15) is 0 Å². The zero-order chi connectivity index (χ0) is 17.1. The zero-order valence-electron chi connectivity index (χ0n) is 14.1. The fraction of sp³-hybridized carbons (Fsp3) is 0.444. The minimum atomic E-state index is -0.366. The van der Waals surface area contributed by atoms with E-state index in [2.05, 4.69) is 4.98 Å². The predicted molar refractivity (Wildman–Crippen MR) is 95.7 cm³/mol. The summed E-state index contributed by atoms with van der Waals surface area (Å²) in [5.74, 6) is 0.222. The quantitative estimate of drug-likeness (QED) is 0.866. The number of thioether (sulfide) groups is 1. The van der Waals surface area contributed by atoms with E-state index in [4.69, 9.17) is 0 Å². The largest absolute Gasteiger partial charge is 0.393 e. The molecule has 2 aromatic rings. The van der Waals surface area contributed by atoms with Crippen molar-refractivity contribution in [1.29, 1.82) is 0 Å². The molecule has 5 nitrogen and oxygen atoms in total. The monoisotopic (exact) mass is 345 g/mol. The number of amides is 1. The van der Waals surface area contributed by atoms with E-state index in [0.717, 1.165) is 30.2 Å². The molecule has 1 aliphatic heterocycles. The van der Waals surface area contributed by atoms with Gasteiger partial charge in [0.15, 0.2) is 5.16 Å². The predicted octanol–water partition coefficient (Wildman–Crippen LogP) is 2.83. The number of piperidine rings is 1. The summed E-state index contributed by atoms with van der Waals surface area (Å²) < 4.78 is 2.00. The minimum Gasteiger partial charge on any atom is -0.393 e. The van der Waals surface area contributed by atoms with Crippen molar-refractivity contribution >= 4 is 17.7 Å². The van der Waals surface area contributed by atoms with Crippen LogP contribution in [0.15, 0.2) is 41.8 Å². The smallest absolute Gasteiger partial charge is 0.253 e. The molecule has 1 N–H and O–H groups in total. The number of aromatic nitrogens is 2. The second-order valence-corrected chi connectivity index (χ2v) is 7.00. The molecule has 0 spiro atoms. The van der Waals surface area contributed by atoms with Gasteiger partial charge in [-0.3, -0.25) is 9.36 Å². The standard InChI is InChI=1S/C18H23N3O2S/c1-13(22)15-4-3-10-20(12-15)17(23)14-5-7-16(8-6-14)21-11-9-19-18(21)24-2/h5-9,11,13,15,22H,3-4,10,12H2,1-2H3. The first-order valence-electron chi connectivity index (χ1n) is 8.25. The molecule has 0 saturated carbocycles. The Hall–Kier alpha value is -1.79. The van der Waals surface area contributed by atoms with Crippen LogP contribution in [0.5, 0.6) is 0 Å². The number of benzene rings is 1. The molecular formula is C18H23N3O2S. The number of hydrogen-bond donors (Lipinski definition) is 1. The normalized spacial score (nSPS) is 19.3. The number of rotatable bonds is 4. The molecule has 2 atom stereocenters. The lowest BCUT2D eigenvalue weighted by Gasteiger charge is -2.34. The Balaban J connectivity index is 1.74. The van der Waals surface area contributed by atoms with E-state index < -0.39 is 0 Å². The van der Waals surface area contributed by atoms with Crippen molar-refractivity contribution in [3.63, 3.8) is 0 Å². The van der Waals surface area contributed by atoms with Crippen molar-refractivity contribution in [3.8, 4) is 5.69 Å². The molecule has 128 valence electrons. The second kappa shape index (κ2) is 7.40. The number of carbonyl (C=O) groups excluding carboxylic acids is 1. The Kier molecular flexibility index (Phi) is 5.26. The van der Waals surface area contributed by atoms with Gasteiger partial charge in [0, 0.05) is 42.7 Å². The van der Waals surface area contributed by atoms with Crippen LogP contribution >= 0.6 is 11.8 Å². The maximum absolute atomic E-state index is 12.7. The summed E-state index contributed by atoms with van der Waals surface area (Å²) in [7, 11) is 0. The van der Waals surface area contributed by atoms with Crippen LogP contribution in [0.2, 0.25) is 0 Å². The zero-order valence-corrected chi connectivity index (χ0v) is 14.9. The van der Waals surface area contributed by atoms with E-state index in [9.17, 15) is 9.90 Å². The average Bonchev–Trinajstić information content (AvgIpc) is 3.10. The second-order valence-electron chi connectivity index (χ2n) is 6.22. The van der Waals surface area contributed by atoms with E-state index in [1.165, 1.54) is 0 Å². The molecule has 0 bridgehead atoms. The number of nitrogens with zero attached hydrogens (tertiary/aromatic N) is 3. The Morgan fingerprint density at radius 1 is 1.38 bits per heavy atom. The molecule has 2 unspecified atom stereocenters. The summed E-state index contributed by atoms with van der Waals surface area (Å²) in [6, 6.07) is 7.64. The molecule has 2 heterocycles. The fourth-order valence-corrected chi connectivity index (χ4v) is 3.70. The molecule has 1 fully saturated rings. The fourth-order valence-electron chi connectivity index (χ4n) is 3.17. The Labute approximate surface area is 146 Å². The summed E-state index contributed by atoms with van der Waals surface area (Å²) in [6.07, 6.45) is 7.25. The molecule has 1 aliphatic rings. The van der Waals surface area contributed by atoms with E-state index in [1.54, 1.807) is 18.0 Å². The van der Waals surface area contributed by atoms with E-state index >= 15 is 0 Å². The van der Waals surface area contributed by atoms with Gasteiger partial charge in [-0.1, -0.05) is 11.8 Å². The van der Waals surface area contributed by atoms with Gasteiger partial charge in [-0.25, -0.2) is 4.98 Å². The van der Waals surface area contributed by atoms with Crippen molar-refractivity contribution < 1.29 is 9.90 Å². The third-order valence-corrected chi connectivity index (χ3v) is 5.28. The maximum atomic E-state index is 12.7. The molecule has 1 amide bonds. The molecule has 0 aliphatic carbocycles. The first kappa shape index (κ1) is 17.0. The number of carbonyl (C=O) groups is 1. The molecule has 3 rings (SSSR count). The number of aliphatic hydroxyl groups is 1. The van der Waals surface area contributed by atoms with Crippen molar-refractivity contribution in [2.75, 3.05) is 19.3 Å². The van der Waals surface area contributed by atoms with Crippen molar-refractivity contribution in [1.82, 2.24) is 14.5 Å². The molecule has 1 aromatic heterocycles. The van der Waals surface area contributed by atoms with Crippen LogP contribution in [0, 0.1) is 5.92 Å². The molecule has 1 aromatic carbocycles. The number of likely N-dealkylation sites (tertiary alicyclic amines) is 1. The molecular weight excluding hydrogens is 322 g/mol. The first-order valence-corrected chi connectivity index (χ1v) is 9.47. The summed E-state index contributed by atoms with van der Waals surface area (Å²) in [5.41, 5.74) is 1.68. The Morgan fingerprint density at radius 3 is 2.79 bits per heavy atom. The molecule has 24 heavy (non-hydrogen) atoms. The van der Waals surface area contributed by atoms with Gasteiger partial charge >= 0.3 is 0 Å². The summed E-state index contributed by atoms with van der Waals surface area (Å²) >= 11 is 1.59. The summed E-state index contributed by atoms with van der Waals surface area (Å²) in [5, 5.41) is 10.7. The van der Waals surface area contributed by atoms with Gasteiger partial charge in [0.05, 0.1) is 6.10 Å². The highest BCUT2D eigenvalue weighted by molar-refractivity contribution is 7.98. The molecule has 1 saturated heterocycles. The highest BCUT2D eigenvalue weighted by Crippen LogP contribution is 2.22. The van der Waals surface area contributed by atoms with Crippen LogP contribution in [0.1, 0.15) is 30.1 Å². The van der Waals surface area contributed by atoms with E-state index in [1.807, 2.05) is 53.1 Å². The van der Waals surface area contributed by atoms with Crippen LogP contribution in [0.25, 0.3) is 5.69 Å². The van der Waals surface area contributed by atoms with Crippen LogP contribution in [-0.4, -0.2) is 50.9 Å². The van der Waals surface area contributed by atoms with Gasteiger partial charge in [-0.05, 0) is 50.3 Å². The Bertz CT molecular complexity index is 697. The van der Waals surface area contributed by atoms with Crippen molar-refractivity contribution in [2.45, 2.75) is 31.0 Å². The highest BCUT2D eigenvalue weighted by Gasteiger charge is 2.27. The summed E-state index contributed by atoms with van der Waals surface area (Å²) in [4.78, 5) is 18.9. The maximum Gasteiger partial charge on any atom is 0.253 e.